The Morgan fingerprint density at radius 1 is 1.24 bits per heavy atom. The third-order valence-corrected chi connectivity index (χ3v) is 4.68. The van der Waals surface area contributed by atoms with Gasteiger partial charge in [0.1, 0.15) is 5.75 Å². The summed E-state index contributed by atoms with van der Waals surface area (Å²) < 4.78 is 32.2. The van der Waals surface area contributed by atoms with Crippen LogP contribution in [0.5, 0.6) is 5.75 Å². The van der Waals surface area contributed by atoms with E-state index >= 15 is 0 Å². The lowest BCUT2D eigenvalue weighted by Crippen LogP contribution is -2.42. The summed E-state index contributed by atoms with van der Waals surface area (Å²) in [6.45, 7) is 5.15. The lowest BCUT2D eigenvalue weighted by atomic mass is 9.94. The lowest BCUT2D eigenvalue weighted by Gasteiger charge is -2.31. The number of ether oxygens (including phenoxy) is 1. The van der Waals surface area contributed by atoms with Crippen LogP contribution in [-0.4, -0.2) is 51.6 Å². The smallest absolute Gasteiger partial charge is 0.306 e. The van der Waals surface area contributed by atoms with E-state index in [4.69, 9.17) is 20.5 Å². The highest BCUT2D eigenvalue weighted by molar-refractivity contribution is 7.86. The molecule has 8 heteroatoms. The Kier molecular flexibility index (Phi) is 8.18. The van der Waals surface area contributed by atoms with Crippen LogP contribution in [0.3, 0.4) is 0 Å². The molecule has 0 bridgehead atoms. The number of methoxy groups -OCH3 is 1. The van der Waals surface area contributed by atoms with Crippen molar-refractivity contribution in [3.8, 4) is 5.75 Å². The second-order valence-corrected chi connectivity index (χ2v) is 8.36. The molecule has 0 aliphatic heterocycles. The Morgan fingerprint density at radius 3 is 2.32 bits per heavy atom. The van der Waals surface area contributed by atoms with Crippen molar-refractivity contribution in [2.24, 2.45) is 5.41 Å². The summed E-state index contributed by atoms with van der Waals surface area (Å²) in [6, 6.07) is 6.62. The number of amides is 1. The normalized spacial score (nSPS) is 12.0. The van der Waals surface area contributed by atoms with Gasteiger partial charge >= 0.3 is 10.1 Å². The van der Waals surface area contributed by atoms with Gasteiger partial charge in [-0.15, -0.1) is 11.6 Å². The van der Waals surface area contributed by atoms with E-state index < -0.39 is 15.5 Å². The highest BCUT2D eigenvalue weighted by Crippen LogP contribution is 2.23. The molecular formula is C17H26ClNO5S. The highest BCUT2D eigenvalue weighted by Gasteiger charge is 2.31. The predicted octanol–water partition coefficient (Wildman–Crippen LogP) is 2.66. The zero-order valence-corrected chi connectivity index (χ0v) is 16.7. The maximum atomic E-state index is 12.7. The van der Waals surface area contributed by atoms with Gasteiger partial charge in [0, 0.05) is 32.7 Å². The second-order valence-electron chi connectivity index (χ2n) is 6.52. The van der Waals surface area contributed by atoms with Crippen LogP contribution in [0.4, 0.5) is 0 Å². The number of rotatable bonds is 10. The molecule has 0 spiro atoms. The Hall–Kier alpha value is -1.31. The van der Waals surface area contributed by atoms with Crippen LogP contribution in [0.25, 0.3) is 0 Å². The monoisotopic (exact) mass is 391 g/mol. The van der Waals surface area contributed by atoms with Crippen molar-refractivity contribution in [3.05, 3.63) is 29.8 Å². The van der Waals surface area contributed by atoms with E-state index in [9.17, 15) is 13.2 Å². The van der Waals surface area contributed by atoms with E-state index in [0.717, 1.165) is 18.2 Å². The van der Waals surface area contributed by atoms with Crippen LogP contribution in [0.2, 0.25) is 0 Å². The standard InChI is InChI=1S/C17H26ClNO5S/c1-17(2,13-18)16(20)19(10-5-11-23-3)12-14-6-8-15(9-7-14)24-25(4,21)22/h6-9H,5,10-13H2,1-4H3. The van der Waals surface area contributed by atoms with Gasteiger partial charge in [-0.05, 0) is 38.0 Å². The van der Waals surface area contributed by atoms with Crippen molar-refractivity contribution in [2.75, 3.05) is 32.4 Å². The zero-order valence-electron chi connectivity index (χ0n) is 15.1. The first-order valence-corrected chi connectivity index (χ1v) is 10.3. The number of carbonyl (C=O) groups is 1. The van der Waals surface area contributed by atoms with Gasteiger partial charge in [0.15, 0.2) is 0 Å². The van der Waals surface area contributed by atoms with Crippen LogP contribution in [0, 0.1) is 5.41 Å². The predicted molar refractivity (Wildman–Crippen MR) is 98.3 cm³/mol. The van der Waals surface area contributed by atoms with Gasteiger partial charge in [0.25, 0.3) is 0 Å². The van der Waals surface area contributed by atoms with Gasteiger partial charge in [-0.2, -0.15) is 8.42 Å². The molecule has 1 aromatic carbocycles. The summed E-state index contributed by atoms with van der Waals surface area (Å²) in [7, 11) is -1.94. The van der Waals surface area contributed by atoms with E-state index in [-0.39, 0.29) is 17.5 Å². The largest absolute Gasteiger partial charge is 0.385 e. The van der Waals surface area contributed by atoms with Gasteiger partial charge in [0.05, 0.1) is 11.7 Å². The van der Waals surface area contributed by atoms with Crippen molar-refractivity contribution in [3.63, 3.8) is 0 Å². The van der Waals surface area contributed by atoms with E-state index in [1.165, 1.54) is 0 Å². The molecule has 1 rings (SSSR count). The number of hydrogen-bond acceptors (Lipinski definition) is 5. The van der Waals surface area contributed by atoms with E-state index in [1.54, 1.807) is 36.3 Å². The van der Waals surface area contributed by atoms with E-state index in [0.29, 0.717) is 19.7 Å². The van der Waals surface area contributed by atoms with Crippen molar-refractivity contribution in [1.82, 2.24) is 4.90 Å². The Bertz CT molecular complexity index is 658. The molecule has 0 atom stereocenters. The maximum Gasteiger partial charge on any atom is 0.306 e. The van der Waals surface area contributed by atoms with Crippen LogP contribution in [0.15, 0.2) is 24.3 Å². The van der Waals surface area contributed by atoms with Gasteiger partial charge in [-0.1, -0.05) is 12.1 Å². The minimum Gasteiger partial charge on any atom is -0.385 e. The summed E-state index contributed by atoms with van der Waals surface area (Å²) >= 11 is 5.93. The SMILES string of the molecule is COCCCN(Cc1ccc(OS(C)(=O)=O)cc1)C(=O)C(C)(C)CCl. The fourth-order valence-electron chi connectivity index (χ4n) is 2.18. The van der Waals surface area contributed by atoms with Crippen molar-refractivity contribution in [1.29, 1.82) is 0 Å². The molecule has 0 heterocycles. The number of carbonyl (C=O) groups excluding carboxylic acids is 1. The van der Waals surface area contributed by atoms with Crippen LogP contribution < -0.4 is 4.18 Å². The van der Waals surface area contributed by atoms with Crippen molar-refractivity contribution >= 4 is 27.6 Å². The van der Waals surface area contributed by atoms with Crippen LogP contribution in [-0.2, 0) is 26.2 Å². The van der Waals surface area contributed by atoms with Gasteiger partial charge in [-0.25, -0.2) is 0 Å². The average molecular weight is 392 g/mol. The molecule has 0 N–H and O–H groups in total. The third kappa shape index (κ3) is 7.63. The summed E-state index contributed by atoms with van der Waals surface area (Å²) in [5.41, 5.74) is 0.213. The topological polar surface area (TPSA) is 72.9 Å². The molecule has 0 aliphatic rings. The second kappa shape index (κ2) is 9.40. The molecule has 6 nitrogen and oxygen atoms in total. The molecule has 0 saturated heterocycles. The minimum absolute atomic E-state index is 0.0323. The lowest BCUT2D eigenvalue weighted by molar-refractivity contribution is -0.140. The summed E-state index contributed by atoms with van der Waals surface area (Å²) in [5.74, 6) is 0.438. The van der Waals surface area contributed by atoms with Gasteiger partial charge in [0.2, 0.25) is 5.91 Å². The van der Waals surface area contributed by atoms with Gasteiger partial charge < -0.3 is 13.8 Å². The minimum atomic E-state index is -3.56. The number of nitrogens with zero attached hydrogens (tertiary/aromatic N) is 1. The molecule has 1 aromatic rings. The fraction of sp³-hybridized carbons (Fsp3) is 0.588. The molecule has 25 heavy (non-hydrogen) atoms. The number of alkyl halides is 1. The third-order valence-electron chi connectivity index (χ3n) is 3.52. The zero-order chi connectivity index (χ0) is 19.1. The van der Waals surface area contributed by atoms with Crippen molar-refractivity contribution in [2.45, 2.75) is 26.8 Å². The number of halogens is 1. The molecule has 0 unspecified atom stereocenters. The molecule has 0 radical (unpaired) electrons. The van der Waals surface area contributed by atoms with E-state index in [1.807, 2.05) is 13.8 Å². The Balaban J connectivity index is 2.87. The molecule has 0 saturated carbocycles. The number of benzene rings is 1. The molecule has 142 valence electrons. The van der Waals surface area contributed by atoms with E-state index in [2.05, 4.69) is 0 Å². The number of hydrogen-bond donors (Lipinski definition) is 0. The molecule has 0 aliphatic carbocycles. The quantitative estimate of drug-likeness (QED) is 0.348. The summed E-state index contributed by atoms with van der Waals surface area (Å²) in [6.07, 6.45) is 1.71. The van der Waals surface area contributed by atoms with Crippen LogP contribution >= 0.6 is 11.6 Å². The summed E-state index contributed by atoms with van der Waals surface area (Å²) in [5, 5.41) is 0. The van der Waals surface area contributed by atoms with Crippen LogP contribution in [0.1, 0.15) is 25.8 Å². The molecule has 0 fully saturated rings. The fourth-order valence-corrected chi connectivity index (χ4v) is 2.76. The Labute approximate surface area is 155 Å². The average Bonchev–Trinajstić information content (AvgIpc) is 2.53. The molecule has 0 aromatic heterocycles. The maximum absolute atomic E-state index is 12.7. The first-order chi connectivity index (χ1) is 11.6. The first-order valence-electron chi connectivity index (χ1n) is 7.92. The molecule has 1 amide bonds. The van der Waals surface area contributed by atoms with Gasteiger partial charge in [-0.3, -0.25) is 4.79 Å². The highest BCUT2D eigenvalue weighted by atomic mass is 35.5. The summed E-state index contributed by atoms with van der Waals surface area (Å²) in [4.78, 5) is 14.5. The van der Waals surface area contributed by atoms with Crippen molar-refractivity contribution < 1.29 is 22.1 Å². The Morgan fingerprint density at radius 2 is 1.84 bits per heavy atom. The first kappa shape index (κ1) is 21.7. The molecular weight excluding hydrogens is 366 g/mol.